The number of carbonyl (C=O) groups is 2. The van der Waals surface area contributed by atoms with Crippen LogP contribution in [-0.2, 0) is 23.2 Å². The van der Waals surface area contributed by atoms with Crippen molar-refractivity contribution in [1.29, 1.82) is 0 Å². The highest BCUT2D eigenvalue weighted by atomic mass is 16.2. The fourth-order valence-electron chi connectivity index (χ4n) is 1.67. The van der Waals surface area contributed by atoms with Crippen molar-refractivity contribution in [2.24, 2.45) is 7.05 Å². The summed E-state index contributed by atoms with van der Waals surface area (Å²) in [6, 6.07) is -0.382. The quantitative estimate of drug-likeness (QED) is 0.711. The summed E-state index contributed by atoms with van der Waals surface area (Å²) in [5.74, 6) is 0.587. The molecule has 1 unspecified atom stereocenters. The van der Waals surface area contributed by atoms with E-state index in [1.54, 1.807) is 6.20 Å². The molecule has 1 saturated heterocycles. The topological polar surface area (TPSA) is 76.0 Å². The van der Waals surface area contributed by atoms with Crippen molar-refractivity contribution < 1.29 is 9.59 Å². The summed E-state index contributed by atoms with van der Waals surface area (Å²) in [6.45, 7) is 0.384. The van der Waals surface area contributed by atoms with Crippen LogP contribution < -0.4 is 10.6 Å². The Kier molecular flexibility index (Phi) is 2.89. The first-order valence-electron chi connectivity index (χ1n) is 5.20. The SMILES string of the molecule is Cn1ccnc1CNC(=O)C1CCC(=O)N1. The van der Waals surface area contributed by atoms with Crippen molar-refractivity contribution in [3.8, 4) is 0 Å². The molecule has 86 valence electrons. The lowest BCUT2D eigenvalue weighted by Crippen LogP contribution is -2.41. The Hall–Kier alpha value is -1.85. The molecule has 2 amide bonds. The number of aromatic nitrogens is 2. The van der Waals surface area contributed by atoms with Gasteiger partial charge < -0.3 is 15.2 Å². The zero-order chi connectivity index (χ0) is 11.5. The first-order valence-corrected chi connectivity index (χ1v) is 5.20. The Balaban J connectivity index is 1.84. The van der Waals surface area contributed by atoms with Gasteiger partial charge in [-0.25, -0.2) is 4.98 Å². The summed E-state index contributed by atoms with van der Waals surface area (Å²) in [5, 5.41) is 5.37. The molecule has 16 heavy (non-hydrogen) atoms. The van der Waals surface area contributed by atoms with Crippen molar-refractivity contribution in [3.63, 3.8) is 0 Å². The highest BCUT2D eigenvalue weighted by Crippen LogP contribution is 2.06. The predicted octanol–water partition coefficient (Wildman–Crippen LogP) is -0.685. The second-order valence-corrected chi connectivity index (χ2v) is 3.83. The molecule has 1 aromatic heterocycles. The van der Waals surface area contributed by atoms with E-state index in [1.165, 1.54) is 0 Å². The van der Waals surface area contributed by atoms with Crippen LogP contribution in [0.5, 0.6) is 0 Å². The van der Waals surface area contributed by atoms with Crippen LogP contribution in [0.25, 0.3) is 0 Å². The molecule has 2 heterocycles. The number of nitrogens with one attached hydrogen (secondary N) is 2. The maximum atomic E-state index is 11.6. The molecule has 0 radical (unpaired) electrons. The average Bonchev–Trinajstić information content (AvgIpc) is 2.84. The van der Waals surface area contributed by atoms with Crippen molar-refractivity contribution >= 4 is 11.8 Å². The zero-order valence-corrected chi connectivity index (χ0v) is 9.06. The van der Waals surface area contributed by atoms with Gasteiger partial charge in [-0.2, -0.15) is 0 Å². The standard InChI is InChI=1S/C10H14N4O2/c1-14-5-4-11-8(14)6-12-10(16)7-2-3-9(15)13-7/h4-5,7H,2-3,6H2,1H3,(H,12,16)(H,13,15). The molecule has 1 aromatic rings. The van der Waals surface area contributed by atoms with Gasteiger partial charge >= 0.3 is 0 Å². The van der Waals surface area contributed by atoms with Crippen LogP contribution in [0.1, 0.15) is 18.7 Å². The van der Waals surface area contributed by atoms with Crippen LogP contribution in [0.3, 0.4) is 0 Å². The molecular weight excluding hydrogens is 208 g/mol. The number of aryl methyl sites for hydroxylation is 1. The number of hydrogen-bond acceptors (Lipinski definition) is 3. The number of imidazole rings is 1. The summed E-state index contributed by atoms with van der Waals surface area (Å²) >= 11 is 0. The van der Waals surface area contributed by atoms with Crippen LogP contribution in [0, 0.1) is 0 Å². The molecule has 1 aliphatic heterocycles. The fourth-order valence-corrected chi connectivity index (χ4v) is 1.67. The Morgan fingerprint density at radius 2 is 2.56 bits per heavy atom. The van der Waals surface area contributed by atoms with Gasteiger partial charge in [0.15, 0.2) is 0 Å². The van der Waals surface area contributed by atoms with Gasteiger partial charge in [0.25, 0.3) is 0 Å². The molecule has 0 spiro atoms. The summed E-state index contributed by atoms with van der Waals surface area (Å²) in [4.78, 5) is 26.7. The number of amides is 2. The first kappa shape index (κ1) is 10.7. The molecule has 1 fully saturated rings. The molecule has 1 aliphatic rings. The zero-order valence-electron chi connectivity index (χ0n) is 9.06. The number of rotatable bonds is 3. The van der Waals surface area contributed by atoms with Crippen LogP contribution in [0.2, 0.25) is 0 Å². The predicted molar refractivity (Wildman–Crippen MR) is 56.2 cm³/mol. The van der Waals surface area contributed by atoms with Gasteiger partial charge in [-0.05, 0) is 6.42 Å². The Labute approximate surface area is 93.0 Å². The normalized spacial score (nSPS) is 19.6. The third-order valence-electron chi connectivity index (χ3n) is 2.65. The number of nitrogens with zero attached hydrogens (tertiary/aromatic N) is 2. The minimum atomic E-state index is -0.382. The van der Waals surface area contributed by atoms with Crippen LogP contribution in [0.15, 0.2) is 12.4 Å². The lowest BCUT2D eigenvalue weighted by atomic mass is 10.2. The smallest absolute Gasteiger partial charge is 0.242 e. The molecule has 2 rings (SSSR count). The highest BCUT2D eigenvalue weighted by Gasteiger charge is 2.26. The van der Waals surface area contributed by atoms with Crippen molar-refractivity contribution in [2.75, 3.05) is 0 Å². The summed E-state index contributed by atoms with van der Waals surface area (Å²) in [6.07, 6.45) is 4.50. The number of carbonyl (C=O) groups excluding carboxylic acids is 2. The van der Waals surface area contributed by atoms with Gasteiger partial charge in [-0.1, -0.05) is 0 Å². The number of hydrogen-bond donors (Lipinski definition) is 2. The monoisotopic (exact) mass is 222 g/mol. The average molecular weight is 222 g/mol. The molecule has 0 aliphatic carbocycles. The second kappa shape index (κ2) is 4.34. The van der Waals surface area contributed by atoms with E-state index in [9.17, 15) is 9.59 Å². The molecule has 1 atom stereocenters. The van der Waals surface area contributed by atoms with E-state index >= 15 is 0 Å². The minimum absolute atomic E-state index is 0.0582. The van der Waals surface area contributed by atoms with Crippen LogP contribution >= 0.6 is 0 Å². The minimum Gasteiger partial charge on any atom is -0.347 e. The van der Waals surface area contributed by atoms with Gasteiger partial charge in [0.05, 0.1) is 6.54 Å². The van der Waals surface area contributed by atoms with Gasteiger partial charge in [0.1, 0.15) is 11.9 Å². The maximum absolute atomic E-state index is 11.6. The van der Waals surface area contributed by atoms with E-state index in [1.807, 2.05) is 17.8 Å². The van der Waals surface area contributed by atoms with Crippen LogP contribution in [0.4, 0.5) is 0 Å². The largest absolute Gasteiger partial charge is 0.347 e. The van der Waals surface area contributed by atoms with Gasteiger partial charge in [0.2, 0.25) is 11.8 Å². The summed E-state index contributed by atoms with van der Waals surface area (Å²) < 4.78 is 1.84. The Morgan fingerprint density at radius 3 is 3.12 bits per heavy atom. The third-order valence-corrected chi connectivity index (χ3v) is 2.65. The lowest BCUT2D eigenvalue weighted by molar-refractivity contribution is -0.125. The maximum Gasteiger partial charge on any atom is 0.242 e. The molecule has 6 heteroatoms. The van der Waals surface area contributed by atoms with Crippen molar-refractivity contribution in [1.82, 2.24) is 20.2 Å². The summed E-state index contributed by atoms with van der Waals surface area (Å²) in [7, 11) is 1.87. The van der Waals surface area contributed by atoms with E-state index in [2.05, 4.69) is 15.6 Å². The van der Waals surface area contributed by atoms with E-state index in [0.29, 0.717) is 19.4 Å². The lowest BCUT2D eigenvalue weighted by Gasteiger charge is -2.10. The fraction of sp³-hybridized carbons (Fsp3) is 0.500. The van der Waals surface area contributed by atoms with Crippen LogP contribution in [-0.4, -0.2) is 27.4 Å². The molecule has 0 bridgehead atoms. The Morgan fingerprint density at radius 1 is 1.75 bits per heavy atom. The second-order valence-electron chi connectivity index (χ2n) is 3.83. The van der Waals surface area contributed by atoms with Gasteiger partial charge in [-0.15, -0.1) is 0 Å². The van der Waals surface area contributed by atoms with Crippen molar-refractivity contribution in [3.05, 3.63) is 18.2 Å². The molecule has 6 nitrogen and oxygen atoms in total. The van der Waals surface area contributed by atoms with Crippen molar-refractivity contribution in [2.45, 2.75) is 25.4 Å². The van der Waals surface area contributed by atoms with E-state index < -0.39 is 0 Å². The van der Waals surface area contributed by atoms with Gasteiger partial charge in [0, 0.05) is 25.9 Å². The summed E-state index contributed by atoms with van der Waals surface area (Å²) in [5.41, 5.74) is 0. The van der Waals surface area contributed by atoms with E-state index in [4.69, 9.17) is 0 Å². The third kappa shape index (κ3) is 2.21. The van der Waals surface area contributed by atoms with E-state index in [-0.39, 0.29) is 17.9 Å². The first-order chi connectivity index (χ1) is 7.66. The Bertz CT molecular complexity index is 413. The molecule has 0 aromatic carbocycles. The molecule has 2 N–H and O–H groups in total. The molecule has 0 saturated carbocycles. The highest BCUT2D eigenvalue weighted by molar-refractivity contribution is 5.90. The molecular formula is C10H14N4O2. The van der Waals surface area contributed by atoms with E-state index in [0.717, 1.165) is 5.82 Å². The van der Waals surface area contributed by atoms with Gasteiger partial charge in [-0.3, -0.25) is 9.59 Å².